The molecule has 1 unspecified atom stereocenters. The number of rotatable bonds is 10. The van der Waals surface area contributed by atoms with Gasteiger partial charge in [-0.05, 0) is 67.9 Å². The highest BCUT2D eigenvalue weighted by atomic mass is 16.5. The Morgan fingerprint density at radius 3 is 2.69 bits per heavy atom. The third-order valence-electron chi connectivity index (χ3n) is 4.93. The summed E-state index contributed by atoms with van der Waals surface area (Å²) in [5, 5.41) is 0. The number of hydrogen-bond acceptors (Lipinski definition) is 2. The Labute approximate surface area is 159 Å². The molecule has 0 saturated heterocycles. The number of benzene rings is 1. The molecule has 0 aliphatic heterocycles. The molecule has 1 aromatic carbocycles. The molecule has 0 amide bonds. The van der Waals surface area contributed by atoms with Crippen LogP contribution in [0.2, 0.25) is 0 Å². The number of allylic oxidation sites excluding steroid dienone is 3. The van der Waals surface area contributed by atoms with Crippen LogP contribution in [0.1, 0.15) is 64.4 Å². The van der Waals surface area contributed by atoms with Crippen molar-refractivity contribution >= 4 is 11.8 Å². The fraction of sp³-hybridized carbons (Fsp3) is 0.458. The lowest BCUT2D eigenvalue weighted by molar-refractivity contribution is 0.305. The first-order valence-corrected chi connectivity index (χ1v) is 9.98. The third kappa shape index (κ3) is 7.03. The molecule has 1 atom stereocenters. The van der Waals surface area contributed by atoms with Crippen LogP contribution in [-0.2, 0) is 0 Å². The van der Waals surface area contributed by atoms with Crippen LogP contribution in [-0.4, -0.2) is 12.3 Å². The van der Waals surface area contributed by atoms with Gasteiger partial charge in [-0.3, -0.25) is 4.99 Å². The van der Waals surface area contributed by atoms with Crippen molar-refractivity contribution in [1.82, 2.24) is 0 Å². The van der Waals surface area contributed by atoms with Crippen LogP contribution in [0, 0.1) is 5.92 Å². The zero-order valence-electron chi connectivity index (χ0n) is 16.4. The number of ether oxygens (including phenoxy) is 1. The van der Waals surface area contributed by atoms with Gasteiger partial charge in [0, 0.05) is 11.9 Å². The van der Waals surface area contributed by atoms with Crippen molar-refractivity contribution in [3.8, 4) is 5.75 Å². The van der Waals surface area contributed by atoms with E-state index in [4.69, 9.17) is 4.74 Å². The van der Waals surface area contributed by atoms with E-state index in [1.54, 1.807) is 0 Å². The Balaban J connectivity index is 1.80. The standard InChI is InChI=1S/C24H33NO/c1-4-6-7-8-19-26-24-15-11-22(12-16-24)17-18-25-20(3)23-13-9-21(5-2)10-14-23/h5,11-13,15-18,21H,2,4,6-10,14,19H2,1,3H3. The van der Waals surface area contributed by atoms with E-state index in [0.29, 0.717) is 5.92 Å². The van der Waals surface area contributed by atoms with Gasteiger partial charge in [-0.2, -0.15) is 0 Å². The van der Waals surface area contributed by atoms with Gasteiger partial charge in [0.05, 0.1) is 6.61 Å². The minimum atomic E-state index is 0.634. The molecule has 0 bridgehead atoms. The molecule has 1 aliphatic carbocycles. The maximum Gasteiger partial charge on any atom is 0.119 e. The predicted molar refractivity (Wildman–Crippen MR) is 114 cm³/mol. The van der Waals surface area contributed by atoms with E-state index < -0.39 is 0 Å². The number of aliphatic imine (C=N–C) groups is 1. The molecule has 1 aromatic rings. The summed E-state index contributed by atoms with van der Waals surface area (Å²) < 4.78 is 5.78. The summed E-state index contributed by atoms with van der Waals surface area (Å²) in [4.78, 5) is 4.61. The fourth-order valence-corrected chi connectivity index (χ4v) is 3.11. The van der Waals surface area contributed by atoms with Gasteiger partial charge in [-0.1, -0.05) is 50.5 Å². The highest BCUT2D eigenvalue weighted by Gasteiger charge is 2.12. The molecule has 2 nitrogen and oxygen atoms in total. The maximum absolute atomic E-state index is 5.78. The molecule has 0 fully saturated rings. The van der Waals surface area contributed by atoms with Crippen LogP contribution >= 0.6 is 0 Å². The SMILES string of the molecule is C=CC1CC=C(C(C)=NC=Cc2ccc(OCCCCCC)cc2)CC1. The Morgan fingerprint density at radius 2 is 2.04 bits per heavy atom. The molecule has 1 aliphatic rings. The molecule has 2 rings (SSSR count). The second kappa shape index (κ2) is 11.5. The number of unbranched alkanes of at least 4 members (excludes halogenated alkanes) is 3. The molecule has 26 heavy (non-hydrogen) atoms. The predicted octanol–water partition coefficient (Wildman–Crippen LogP) is 6.99. The first-order valence-electron chi connectivity index (χ1n) is 9.98. The molecule has 0 radical (unpaired) electrons. The van der Waals surface area contributed by atoms with Crippen LogP contribution in [0.5, 0.6) is 5.75 Å². The van der Waals surface area contributed by atoms with Crippen LogP contribution in [0.15, 0.2) is 59.8 Å². The second-order valence-corrected chi connectivity index (χ2v) is 7.01. The van der Waals surface area contributed by atoms with Crippen molar-refractivity contribution in [3.63, 3.8) is 0 Å². The summed E-state index contributed by atoms with van der Waals surface area (Å²) >= 11 is 0. The summed E-state index contributed by atoms with van der Waals surface area (Å²) in [5.41, 5.74) is 3.64. The van der Waals surface area contributed by atoms with E-state index in [1.807, 2.05) is 24.4 Å². The van der Waals surface area contributed by atoms with Gasteiger partial charge in [0.15, 0.2) is 0 Å². The summed E-state index contributed by atoms with van der Waals surface area (Å²) in [6.45, 7) is 9.02. The first-order chi connectivity index (χ1) is 12.7. The largest absolute Gasteiger partial charge is 0.494 e. The number of nitrogens with zero attached hydrogens (tertiary/aromatic N) is 1. The van der Waals surface area contributed by atoms with Crippen LogP contribution in [0.25, 0.3) is 6.08 Å². The van der Waals surface area contributed by atoms with Gasteiger partial charge < -0.3 is 4.74 Å². The lowest BCUT2D eigenvalue weighted by Crippen LogP contribution is -2.07. The minimum Gasteiger partial charge on any atom is -0.494 e. The van der Waals surface area contributed by atoms with Crippen molar-refractivity contribution in [3.05, 3.63) is 60.3 Å². The van der Waals surface area contributed by atoms with Gasteiger partial charge in [-0.15, -0.1) is 6.58 Å². The van der Waals surface area contributed by atoms with Crippen molar-refractivity contribution < 1.29 is 4.74 Å². The highest BCUT2D eigenvalue weighted by molar-refractivity contribution is 5.98. The minimum absolute atomic E-state index is 0.634. The molecular weight excluding hydrogens is 318 g/mol. The van der Waals surface area contributed by atoms with E-state index in [1.165, 1.54) is 31.3 Å². The van der Waals surface area contributed by atoms with E-state index in [2.05, 4.69) is 49.7 Å². The van der Waals surface area contributed by atoms with Crippen molar-refractivity contribution in [2.75, 3.05) is 6.61 Å². The quantitative estimate of drug-likeness (QED) is 0.253. The molecule has 0 saturated carbocycles. The third-order valence-corrected chi connectivity index (χ3v) is 4.93. The van der Waals surface area contributed by atoms with Gasteiger partial charge >= 0.3 is 0 Å². The van der Waals surface area contributed by atoms with Crippen molar-refractivity contribution in [1.29, 1.82) is 0 Å². The van der Waals surface area contributed by atoms with Crippen LogP contribution < -0.4 is 4.74 Å². The van der Waals surface area contributed by atoms with Crippen molar-refractivity contribution in [2.24, 2.45) is 10.9 Å². The maximum atomic E-state index is 5.78. The lowest BCUT2D eigenvalue weighted by atomic mass is 9.88. The Morgan fingerprint density at radius 1 is 1.23 bits per heavy atom. The average molecular weight is 352 g/mol. The fourth-order valence-electron chi connectivity index (χ4n) is 3.11. The molecule has 0 heterocycles. The molecular formula is C24H33NO. The van der Waals surface area contributed by atoms with Gasteiger partial charge in [0.1, 0.15) is 5.75 Å². The highest BCUT2D eigenvalue weighted by Crippen LogP contribution is 2.25. The van der Waals surface area contributed by atoms with E-state index >= 15 is 0 Å². The van der Waals surface area contributed by atoms with Gasteiger partial charge in [0.25, 0.3) is 0 Å². The topological polar surface area (TPSA) is 21.6 Å². The molecule has 0 aromatic heterocycles. The Hall–Kier alpha value is -2.09. The van der Waals surface area contributed by atoms with Crippen molar-refractivity contribution in [2.45, 2.75) is 58.8 Å². The molecule has 0 spiro atoms. The van der Waals surface area contributed by atoms with Crippen LogP contribution in [0.3, 0.4) is 0 Å². The smallest absolute Gasteiger partial charge is 0.119 e. The van der Waals surface area contributed by atoms with E-state index in [9.17, 15) is 0 Å². The first kappa shape index (κ1) is 20.2. The van der Waals surface area contributed by atoms with Crippen LogP contribution in [0.4, 0.5) is 0 Å². The summed E-state index contributed by atoms with van der Waals surface area (Å²) in [5.74, 6) is 1.58. The monoisotopic (exact) mass is 351 g/mol. The molecule has 140 valence electrons. The zero-order chi connectivity index (χ0) is 18.6. The number of hydrogen-bond donors (Lipinski definition) is 0. The average Bonchev–Trinajstić information content (AvgIpc) is 2.69. The summed E-state index contributed by atoms with van der Waals surface area (Å²) in [6, 6.07) is 8.23. The summed E-state index contributed by atoms with van der Waals surface area (Å²) in [7, 11) is 0. The summed E-state index contributed by atoms with van der Waals surface area (Å²) in [6.07, 6.45) is 16.6. The van der Waals surface area contributed by atoms with E-state index in [0.717, 1.165) is 42.9 Å². The molecule has 2 heteroatoms. The Kier molecular flexibility index (Phi) is 8.95. The lowest BCUT2D eigenvalue weighted by Gasteiger charge is -2.18. The normalized spacial score (nSPS) is 18.0. The van der Waals surface area contributed by atoms with E-state index in [-0.39, 0.29) is 0 Å². The van der Waals surface area contributed by atoms with Gasteiger partial charge in [0.2, 0.25) is 0 Å². The molecule has 0 N–H and O–H groups in total. The Bertz CT molecular complexity index is 637. The second-order valence-electron chi connectivity index (χ2n) is 7.01. The van der Waals surface area contributed by atoms with Gasteiger partial charge in [-0.25, -0.2) is 0 Å². The zero-order valence-corrected chi connectivity index (χ0v) is 16.4.